The molecule has 0 aliphatic carbocycles. The van der Waals surface area contributed by atoms with Crippen LogP contribution in [0.1, 0.15) is 40.0 Å². The van der Waals surface area contributed by atoms with Gasteiger partial charge in [-0.25, -0.2) is 0 Å². The van der Waals surface area contributed by atoms with E-state index in [4.69, 9.17) is 12.2 Å². The van der Waals surface area contributed by atoms with E-state index >= 15 is 0 Å². The Hall–Kier alpha value is -2.90. The highest BCUT2D eigenvalue weighted by atomic mass is 32.2. The van der Waals surface area contributed by atoms with E-state index in [-0.39, 0.29) is 17.4 Å². The molecule has 0 saturated carbocycles. The van der Waals surface area contributed by atoms with Crippen LogP contribution < -0.4 is 10.9 Å². The number of thioether (sulfide) groups is 1. The van der Waals surface area contributed by atoms with Gasteiger partial charge in [0, 0.05) is 43.0 Å². The SMILES string of the molecule is Cc1cccc(NC(=O)[C@@H](SC(=S)N2C[C@@H]3C[C@@H](C2)c2cccc(=O)n2C3)c2ccccc2)c1C. The number of pyridine rings is 1. The number of hydrogen-bond donors (Lipinski definition) is 1. The first-order chi connectivity index (χ1) is 16.9. The van der Waals surface area contributed by atoms with E-state index in [0.29, 0.717) is 5.92 Å². The van der Waals surface area contributed by atoms with Crippen molar-refractivity contribution >= 4 is 39.9 Å². The van der Waals surface area contributed by atoms with Crippen molar-refractivity contribution in [3.05, 3.63) is 99.5 Å². The molecular weight excluding hydrogens is 474 g/mol. The molecule has 5 rings (SSSR count). The van der Waals surface area contributed by atoms with Crippen LogP contribution in [0.15, 0.2) is 71.5 Å². The van der Waals surface area contributed by atoms with Gasteiger partial charge < -0.3 is 14.8 Å². The average Bonchev–Trinajstić information content (AvgIpc) is 2.86. The molecule has 1 aromatic heterocycles. The Balaban J connectivity index is 1.36. The normalized spacial score (nSPS) is 19.5. The van der Waals surface area contributed by atoms with Crippen molar-refractivity contribution in [1.82, 2.24) is 9.47 Å². The van der Waals surface area contributed by atoms with Gasteiger partial charge in [-0.1, -0.05) is 72.5 Å². The topological polar surface area (TPSA) is 54.3 Å². The van der Waals surface area contributed by atoms with Gasteiger partial charge in [0.2, 0.25) is 5.91 Å². The third-order valence-corrected chi connectivity index (χ3v) is 8.89. The summed E-state index contributed by atoms with van der Waals surface area (Å²) < 4.78 is 2.66. The molecule has 0 radical (unpaired) electrons. The van der Waals surface area contributed by atoms with E-state index in [0.717, 1.165) is 58.4 Å². The minimum absolute atomic E-state index is 0.0775. The minimum atomic E-state index is -0.458. The van der Waals surface area contributed by atoms with Gasteiger partial charge >= 0.3 is 0 Å². The van der Waals surface area contributed by atoms with Gasteiger partial charge in [-0.3, -0.25) is 9.59 Å². The fourth-order valence-electron chi connectivity index (χ4n) is 5.21. The van der Waals surface area contributed by atoms with Crippen LogP contribution >= 0.6 is 24.0 Å². The van der Waals surface area contributed by atoms with Crippen LogP contribution in [0.4, 0.5) is 5.69 Å². The molecule has 1 saturated heterocycles. The molecule has 35 heavy (non-hydrogen) atoms. The molecular formula is C28H29N3O2S2. The molecule has 2 bridgehead atoms. The molecule has 3 aromatic rings. The second-order valence-corrected chi connectivity index (χ2v) is 11.3. The Labute approximate surface area is 215 Å². The number of hydrogen-bond acceptors (Lipinski definition) is 4. The van der Waals surface area contributed by atoms with Crippen LogP contribution in [0.25, 0.3) is 0 Å². The highest BCUT2D eigenvalue weighted by molar-refractivity contribution is 8.23. The first kappa shape index (κ1) is 23.8. The molecule has 1 amide bonds. The van der Waals surface area contributed by atoms with Gasteiger partial charge in [-0.15, -0.1) is 0 Å². The maximum absolute atomic E-state index is 13.5. The molecule has 1 N–H and O–H groups in total. The number of carbonyl (C=O) groups is 1. The van der Waals surface area contributed by atoms with E-state index in [1.807, 2.05) is 73.0 Å². The largest absolute Gasteiger partial charge is 0.356 e. The number of carbonyl (C=O) groups excluding carboxylic acids is 1. The van der Waals surface area contributed by atoms with Gasteiger partial charge in [-0.05, 0) is 55.0 Å². The predicted molar refractivity (Wildman–Crippen MR) is 147 cm³/mol. The van der Waals surface area contributed by atoms with E-state index in [2.05, 4.69) is 16.3 Å². The van der Waals surface area contributed by atoms with Gasteiger partial charge in [0.15, 0.2) is 0 Å². The van der Waals surface area contributed by atoms with Crippen LogP contribution in [0, 0.1) is 19.8 Å². The van der Waals surface area contributed by atoms with E-state index < -0.39 is 5.25 Å². The monoisotopic (exact) mass is 503 g/mol. The van der Waals surface area contributed by atoms with E-state index in [9.17, 15) is 9.59 Å². The van der Waals surface area contributed by atoms with Gasteiger partial charge in [-0.2, -0.15) is 0 Å². The predicted octanol–water partition coefficient (Wildman–Crippen LogP) is 5.28. The second-order valence-electron chi connectivity index (χ2n) is 9.51. The van der Waals surface area contributed by atoms with Crippen molar-refractivity contribution in [2.45, 2.75) is 38.0 Å². The summed E-state index contributed by atoms with van der Waals surface area (Å²) in [5, 5.41) is 2.68. The summed E-state index contributed by atoms with van der Waals surface area (Å²) in [5.74, 6) is 0.569. The fraction of sp³-hybridized carbons (Fsp3) is 0.321. The zero-order valence-corrected chi connectivity index (χ0v) is 21.6. The van der Waals surface area contributed by atoms with Crippen LogP contribution in [0.2, 0.25) is 0 Å². The van der Waals surface area contributed by atoms with Crippen LogP contribution in [0.3, 0.4) is 0 Å². The maximum atomic E-state index is 13.5. The highest BCUT2D eigenvalue weighted by Crippen LogP contribution is 2.39. The molecule has 3 atom stereocenters. The summed E-state index contributed by atoms with van der Waals surface area (Å²) in [4.78, 5) is 28.1. The Bertz CT molecular complexity index is 1320. The number of aromatic nitrogens is 1. The molecule has 0 spiro atoms. The smallest absolute Gasteiger partial charge is 0.250 e. The average molecular weight is 504 g/mol. The summed E-state index contributed by atoms with van der Waals surface area (Å²) >= 11 is 7.36. The number of rotatable bonds is 4. The summed E-state index contributed by atoms with van der Waals surface area (Å²) in [6, 6.07) is 21.3. The Morgan fingerprint density at radius 2 is 1.77 bits per heavy atom. The minimum Gasteiger partial charge on any atom is -0.356 e. The summed E-state index contributed by atoms with van der Waals surface area (Å²) in [6.45, 7) is 6.37. The van der Waals surface area contributed by atoms with E-state index in [1.165, 1.54) is 11.8 Å². The van der Waals surface area contributed by atoms with Gasteiger partial charge in [0.05, 0.1) is 0 Å². The number of nitrogens with one attached hydrogen (secondary N) is 1. The molecule has 5 nitrogen and oxygen atoms in total. The third kappa shape index (κ3) is 4.93. The van der Waals surface area contributed by atoms with Crippen molar-refractivity contribution in [2.24, 2.45) is 5.92 Å². The zero-order chi connectivity index (χ0) is 24.5. The lowest BCUT2D eigenvalue weighted by atomic mass is 9.83. The highest BCUT2D eigenvalue weighted by Gasteiger charge is 2.36. The van der Waals surface area contributed by atoms with Crippen LogP contribution in [-0.4, -0.2) is 32.8 Å². The molecule has 2 aliphatic heterocycles. The van der Waals surface area contributed by atoms with E-state index in [1.54, 1.807) is 6.07 Å². The third-order valence-electron chi connectivity index (χ3n) is 7.16. The van der Waals surface area contributed by atoms with Crippen LogP contribution in [-0.2, 0) is 11.3 Å². The Morgan fingerprint density at radius 1 is 1.00 bits per heavy atom. The molecule has 1 fully saturated rings. The molecule has 180 valence electrons. The van der Waals surface area contributed by atoms with Crippen molar-refractivity contribution in [2.75, 3.05) is 18.4 Å². The number of nitrogens with zero attached hydrogens (tertiary/aromatic N) is 2. The molecule has 0 unspecified atom stereocenters. The van der Waals surface area contributed by atoms with Crippen LogP contribution in [0.5, 0.6) is 0 Å². The maximum Gasteiger partial charge on any atom is 0.250 e. The second kappa shape index (κ2) is 9.99. The summed E-state index contributed by atoms with van der Waals surface area (Å²) in [6.07, 6.45) is 1.07. The quantitative estimate of drug-likeness (QED) is 0.491. The number of likely N-dealkylation sites (tertiary alicyclic amines) is 1. The number of amides is 1. The van der Waals surface area contributed by atoms with Gasteiger partial charge in [0.1, 0.15) is 9.57 Å². The van der Waals surface area contributed by atoms with Gasteiger partial charge in [0.25, 0.3) is 5.56 Å². The number of anilines is 1. The van der Waals surface area contributed by atoms with Crippen molar-refractivity contribution < 1.29 is 4.79 Å². The summed E-state index contributed by atoms with van der Waals surface area (Å²) in [7, 11) is 0. The lowest BCUT2D eigenvalue weighted by Crippen LogP contribution is -2.48. The molecule has 3 heterocycles. The summed E-state index contributed by atoms with van der Waals surface area (Å²) in [5.41, 5.74) is 5.14. The first-order valence-corrected chi connectivity index (χ1v) is 13.3. The zero-order valence-electron chi connectivity index (χ0n) is 19.9. The number of benzene rings is 2. The van der Waals surface area contributed by atoms with Crippen molar-refractivity contribution in [3.63, 3.8) is 0 Å². The number of fused-ring (bicyclic) bond motifs is 4. The number of aryl methyl sites for hydroxylation is 1. The Kier molecular flexibility index (Phi) is 6.80. The van der Waals surface area contributed by atoms with Crippen molar-refractivity contribution in [1.29, 1.82) is 0 Å². The first-order valence-electron chi connectivity index (χ1n) is 12.0. The lowest BCUT2D eigenvalue weighted by molar-refractivity contribution is -0.115. The lowest BCUT2D eigenvalue weighted by Gasteiger charge is -2.43. The standard InChI is InChI=1S/C28H29N3O2S2/c1-18-8-6-11-23(19(18)2)29-27(33)26(21-9-4-3-5-10-21)35-28(34)30-15-20-14-22(17-30)24-12-7-13-25(32)31(24)16-20/h3-13,20,22,26H,14-17H2,1-2H3,(H,29,33)/t20-,22-,26-/m0/s1. The fourth-order valence-corrected chi connectivity index (χ4v) is 6.60. The molecule has 2 aromatic carbocycles. The Morgan fingerprint density at radius 3 is 2.57 bits per heavy atom. The van der Waals surface area contributed by atoms with Crippen molar-refractivity contribution in [3.8, 4) is 0 Å². The molecule has 2 aliphatic rings. The number of piperidine rings is 1. The number of thiocarbonyl (C=S) groups is 1. The molecule has 7 heteroatoms.